The van der Waals surface area contributed by atoms with Crippen LogP contribution in [0.15, 0.2) is 78.2 Å². The molecule has 3 aromatic heterocycles. The van der Waals surface area contributed by atoms with Crippen LogP contribution in [-0.2, 0) is 28.2 Å². The molecule has 0 bridgehead atoms. The van der Waals surface area contributed by atoms with Crippen LogP contribution < -0.4 is 25.8 Å². The summed E-state index contributed by atoms with van der Waals surface area (Å²) in [5.74, 6) is -0.917. The van der Waals surface area contributed by atoms with E-state index < -0.39 is 35.3 Å². The van der Waals surface area contributed by atoms with E-state index in [1.54, 1.807) is 22.9 Å². The number of piperidine rings is 1. The van der Waals surface area contributed by atoms with Crippen LogP contribution in [0.2, 0.25) is 0 Å². The Morgan fingerprint density at radius 3 is 2.56 bits per heavy atom. The summed E-state index contributed by atoms with van der Waals surface area (Å²) >= 11 is 0. The largest absolute Gasteiger partial charge is 0.494 e. The van der Waals surface area contributed by atoms with E-state index in [-0.39, 0.29) is 36.1 Å². The molecule has 8 rings (SSSR count). The van der Waals surface area contributed by atoms with Crippen molar-refractivity contribution in [1.29, 1.82) is 0 Å². The van der Waals surface area contributed by atoms with E-state index in [0.29, 0.717) is 53.7 Å². The molecule has 16 nitrogen and oxygen atoms in total. The number of pyridine rings is 1. The van der Waals surface area contributed by atoms with E-state index in [9.17, 15) is 29.1 Å². The average Bonchev–Trinajstić information content (AvgIpc) is 3.81. The summed E-state index contributed by atoms with van der Waals surface area (Å²) in [6.07, 6.45) is 7.80. The SMILES string of the molecule is C=CCn1c(=O)c2cnc(Nc3ccc(N(C)CCCCCOc4ccc5c(c4)C(=O)N(C4CCC(=O)NC4=O)C5=O)cc3)nc2n1-c1ccc2c(n1)[C@@](O)(CC)CC2. The Kier molecular flexibility index (Phi) is 10.6. The monoisotopic (exact) mass is 799 g/mol. The summed E-state index contributed by atoms with van der Waals surface area (Å²) in [4.78, 5) is 80.6. The normalized spacial score (nSPS) is 18.6. The number of imide groups is 2. The van der Waals surface area contributed by atoms with Crippen molar-refractivity contribution < 1.29 is 29.0 Å². The highest BCUT2D eigenvalue weighted by atomic mass is 16.5. The zero-order chi connectivity index (χ0) is 41.4. The van der Waals surface area contributed by atoms with Gasteiger partial charge in [-0.05, 0) is 99.0 Å². The molecule has 5 heterocycles. The average molecular weight is 800 g/mol. The Balaban J connectivity index is 0.850. The van der Waals surface area contributed by atoms with E-state index >= 15 is 0 Å². The number of nitrogens with one attached hydrogen (secondary N) is 2. The molecule has 0 radical (unpaired) electrons. The van der Waals surface area contributed by atoms with Crippen molar-refractivity contribution in [2.24, 2.45) is 0 Å². The van der Waals surface area contributed by atoms with Crippen molar-refractivity contribution in [3.05, 3.63) is 106 Å². The number of benzene rings is 2. The van der Waals surface area contributed by atoms with Crippen LogP contribution in [0.5, 0.6) is 5.75 Å². The third-order valence-corrected chi connectivity index (χ3v) is 11.4. The van der Waals surface area contributed by atoms with Crippen molar-refractivity contribution in [1.82, 2.24) is 34.5 Å². The van der Waals surface area contributed by atoms with Gasteiger partial charge in [0.25, 0.3) is 17.4 Å². The van der Waals surface area contributed by atoms with Gasteiger partial charge in [0.05, 0.1) is 30.0 Å². The maximum atomic E-state index is 13.5. The Morgan fingerprint density at radius 2 is 1.80 bits per heavy atom. The van der Waals surface area contributed by atoms with Crippen molar-refractivity contribution in [3.63, 3.8) is 0 Å². The second kappa shape index (κ2) is 15.9. The first-order chi connectivity index (χ1) is 28.5. The smallest absolute Gasteiger partial charge is 0.278 e. The van der Waals surface area contributed by atoms with Crippen molar-refractivity contribution >= 4 is 52.0 Å². The topological polar surface area (TPSA) is 194 Å². The number of fused-ring (bicyclic) bond motifs is 3. The second-order valence-corrected chi connectivity index (χ2v) is 15.1. The van der Waals surface area contributed by atoms with Crippen LogP contribution in [0.4, 0.5) is 17.3 Å². The van der Waals surface area contributed by atoms with E-state index in [2.05, 4.69) is 27.1 Å². The molecule has 0 saturated carbocycles. The van der Waals surface area contributed by atoms with Gasteiger partial charge in [0, 0.05) is 37.6 Å². The molecular formula is C43H45N9O7. The molecule has 2 aliphatic heterocycles. The number of aliphatic hydroxyl groups is 1. The number of allylic oxidation sites excluding steroid dienone is 1. The van der Waals surface area contributed by atoms with Gasteiger partial charge in [-0.25, -0.2) is 19.3 Å². The summed E-state index contributed by atoms with van der Waals surface area (Å²) in [5.41, 5.74) is 2.94. The molecule has 1 aliphatic carbocycles. The second-order valence-electron chi connectivity index (χ2n) is 15.1. The van der Waals surface area contributed by atoms with Gasteiger partial charge in [0.1, 0.15) is 22.8 Å². The van der Waals surface area contributed by atoms with Crippen LogP contribution in [0.1, 0.15) is 83.8 Å². The number of amides is 4. The maximum absolute atomic E-state index is 13.5. The zero-order valence-electron chi connectivity index (χ0n) is 32.9. The van der Waals surface area contributed by atoms with Crippen molar-refractivity contribution in [2.75, 3.05) is 30.4 Å². The van der Waals surface area contributed by atoms with Gasteiger partial charge in [-0.15, -0.1) is 6.58 Å². The predicted molar refractivity (Wildman–Crippen MR) is 219 cm³/mol. The number of rotatable bonds is 15. The molecular weight excluding hydrogens is 755 g/mol. The quantitative estimate of drug-likeness (QED) is 0.0762. The fraction of sp³-hybridized carbons (Fsp3) is 0.349. The molecule has 4 amide bonds. The van der Waals surface area contributed by atoms with Crippen LogP contribution >= 0.6 is 0 Å². The van der Waals surface area contributed by atoms with Gasteiger partial charge in [-0.3, -0.25) is 34.2 Å². The number of aryl methyl sites for hydroxylation is 1. The number of nitrogens with zero attached hydrogens (tertiary/aromatic N) is 7. The third kappa shape index (κ3) is 7.35. The summed E-state index contributed by atoms with van der Waals surface area (Å²) in [6, 6.07) is 15.4. The number of ether oxygens (including phenoxy) is 1. The van der Waals surface area contributed by atoms with Gasteiger partial charge < -0.3 is 20.1 Å². The number of hydrogen-bond acceptors (Lipinski definition) is 12. The fourth-order valence-electron chi connectivity index (χ4n) is 8.03. The summed E-state index contributed by atoms with van der Waals surface area (Å²) in [5, 5.41) is 17.0. The lowest BCUT2D eigenvalue weighted by atomic mass is 9.98. The fourth-order valence-corrected chi connectivity index (χ4v) is 8.03. The lowest BCUT2D eigenvalue weighted by Gasteiger charge is -2.27. The molecule has 59 heavy (non-hydrogen) atoms. The van der Waals surface area contributed by atoms with Gasteiger partial charge in [-0.1, -0.05) is 19.1 Å². The van der Waals surface area contributed by atoms with E-state index in [1.165, 1.54) is 16.9 Å². The Labute approximate surface area is 339 Å². The first-order valence-electron chi connectivity index (χ1n) is 19.9. The third-order valence-electron chi connectivity index (χ3n) is 11.4. The first-order valence-corrected chi connectivity index (χ1v) is 19.9. The highest BCUT2D eigenvalue weighted by molar-refractivity contribution is 6.23. The van der Waals surface area contributed by atoms with Crippen molar-refractivity contribution in [2.45, 2.75) is 76.5 Å². The van der Waals surface area contributed by atoms with Crippen LogP contribution in [0.3, 0.4) is 0 Å². The molecule has 2 atom stereocenters. The Hall–Kier alpha value is -6.68. The standard InChI is InChI=1S/C43H45N9O7/c1-4-21-50-39(55)32-25-44-42(48-37(32)52(50)34-17-9-26-19-20-43(58,5-2)36(26)46-34)45-27-10-12-28(13-11-27)49(3)22-7-6-8-23-59-29-14-15-30-31(24-29)41(57)51(40(30)56)33-16-18-35(53)47-38(33)54/h4,9-15,17,24-25,33,58H,1,5-8,16,18-23H2,2-3H3,(H,44,45,48)(H,47,53,54)/t33?,43-/m1/s1. The molecule has 2 aromatic carbocycles. The highest BCUT2D eigenvalue weighted by Crippen LogP contribution is 2.38. The van der Waals surface area contributed by atoms with Gasteiger partial charge >= 0.3 is 0 Å². The lowest BCUT2D eigenvalue weighted by Crippen LogP contribution is -2.54. The minimum Gasteiger partial charge on any atom is -0.494 e. The first kappa shape index (κ1) is 39.2. The minimum atomic E-state index is -1.01. The van der Waals surface area contributed by atoms with Gasteiger partial charge in [0.2, 0.25) is 17.8 Å². The summed E-state index contributed by atoms with van der Waals surface area (Å²) < 4.78 is 9.10. The van der Waals surface area contributed by atoms with E-state index in [0.717, 1.165) is 54.1 Å². The molecule has 16 heteroatoms. The highest BCUT2D eigenvalue weighted by Gasteiger charge is 2.45. The van der Waals surface area contributed by atoms with E-state index in [1.807, 2.05) is 50.4 Å². The number of carbonyl (C=O) groups excluding carboxylic acids is 4. The molecule has 1 fully saturated rings. The Morgan fingerprint density at radius 1 is 1.00 bits per heavy atom. The number of anilines is 3. The number of unbranched alkanes of at least 4 members (excludes halogenated alkanes) is 2. The maximum Gasteiger partial charge on any atom is 0.278 e. The van der Waals surface area contributed by atoms with Crippen molar-refractivity contribution in [3.8, 4) is 11.6 Å². The number of hydrogen-bond donors (Lipinski definition) is 3. The summed E-state index contributed by atoms with van der Waals surface area (Å²) in [7, 11) is 2.03. The van der Waals surface area contributed by atoms with E-state index in [4.69, 9.17) is 14.7 Å². The van der Waals surface area contributed by atoms with Crippen LogP contribution in [-0.4, -0.2) is 84.2 Å². The van der Waals surface area contributed by atoms with Crippen LogP contribution in [0.25, 0.3) is 16.9 Å². The zero-order valence-corrected chi connectivity index (χ0v) is 32.9. The number of carbonyl (C=O) groups is 4. The van der Waals surface area contributed by atoms with Gasteiger partial charge in [-0.2, -0.15) is 4.98 Å². The molecule has 5 aromatic rings. The molecule has 3 aliphatic rings. The molecule has 1 saturated heterocycles. The molecule has 3 N–H and O–H groups in total. The van der Waals surface area contributed by atoms with Gasteiger partial charge in [0.15, 0.2) is 11.5 Å². The predicted octanol–water partition coefficient (Wildman–Crippen LogP) is 4.54. The molecule has 0 spiro atoms. The summed E-state index contributed by atoms with van der Waals surface area (Å²) in [6.45, 7) is 7.24. The van der Waals surface area contributed by atoms with Crippen LogP contribution in [0, 0.1) is 0 Å². The number of aromatic nitrogens is 5. The lowest BCUT2D eigenvalue weighted by molar-refractivity contribution is -0.136. The molecule has 1 unspecified atom stereocenters. The minimum absolute atomic E-state index is 0.0642. The molecule has 304 valence electrons. The Bertz CT molecular complexity index is 2560.